The van der Waals surface area contributed by atoms with Crippen LogP contribution < -0.4 is 11.1 Å². The molecule has 1 amide bonds. The summed E-state index contributed by atoms with van der Waals surface area (Å²) in [5.41, 5.74) is 4.77. The van der Waals surface area contributed by atoms with Gasteiger partial charge in [-0.3, -0.25) is 14.9 Å². The minimum absolute atomic E-state index is 0.329. The quantitative estimate of drug-likeness (QED) is 0.289. The van der Waals surface area contributed by atoms with Crippen LogP contribution in [0, 0.1) is 0 Å². The lowest BCUT2D eigenvalue weighted by Crippen LogP contribution is -2.43. The number of hydrogen-bond donors (Lipinski definition) is 5. The Bertz CT molecular complexity index is 193. The molecule has 0 bridgehead atoms. The first-order valence-electron chi connectivity index (χ1n) is 3.54. The lowest BCUT2D eigenvalue weighted by atomic mass is 10.2. The summed E-state index contributed by atoms with van der Waals surface area (Å²) in [5.74, 6) is -2.04. The molecule has 0 aromatic rings. The van der Waals surface area contributed by atoms with Gasteiger partial charge in [-0.2, -0.15) is 0 Å². The van der Waals surface area contributed by atoms with E-state index in [0.29, 0.717) is 0 Å². The highest BCUT2D eigenvalue weighted by Crippen LogP contribution is 1.91. The number of amides is 1. The molecule has 7 heteroatoms. The molecule has 0 aliphatic carbocycles. The fraction of sp³-hybridized carbons (Fsp3) is 0.667. The summed E-state index contributed by atoms with van der Waals surface area (Å²) in [5, 5.41) is 27.6. The Balaban J connectivity index is 3.95. The van der Waals surface area contributed by atoms with Crippen molar-refractivity contribution in [3.63, 3.8) is 0 Å². The van der Waals surface area contributed by atoms with Crippen LogP contribution in [0.3, 0.4) is 0 Å². The van der Waals surface area contributed by atoms with Crippen LogP contribution in [0.5, 0.6) is 0 Å². The van der Waals surface area contributed by atoms with Gasteiger partial charge in [-0.15, -0.1) is 0 Å². The lowest BCUT2D eigenvalue weighted by Gasteiger charge is -2.12. The van der Waals surface area contributed by atoms with Crippen LogP contribution in [0.2, 0.25) is 0 Å². The van der Waals surface area contributed by atoms with Crippen LogP contribution in [0.25, 0.3) is 0 Å². The van der Waals surface area contributed by atoms with Crippen LogP contribution in [0.4, 0.5) is 0 Å². The van der Waals surface area contributed by atoms with E-state index in [1.54, 1.807) is 0 Å². The van der Waals surface area contributed by atoms with Crippen LogP contribution in [-0.4, -0.2) is 46.1 Å². The Morgan fingerprint density at radius 3 is 2.23 bits per heavy atom. The SMILES string of the molecule is NC(=O)C[C@H](NCC(O)O)C(=O)O. The lowest BCUT2D eigenvalue weighted by molar-refractivity contribution is -0.141. The van der Waals surface area contributed by atoms with Gasteiger partial charge in [-0.25, -0.2) is 0 Å². The van der Waals surface area contributed by atoms with Gasteiger partial charge in [0.25, 0.3) is 0 Å². The summed E-state index contributed by atoms with van der Waals surface area (Å²) >= 11 is 0. The first kappa shape index (κ1) is 11.8. The van der Waals surface area contributed by atoms with Crippen molar-refractivity contribution in [2.75, 3.05) is 6.54 Å². The van der Waals surface area contributed by atoms with Gasteiger partial charge in [-0.05, 0) is 0 Å². The number of aliphatic hydroxyl groups excluding tert-OH is 1. The van der Waals surface area contributed by atoms with E-state index < -0.39 is 24.2 Å². The molecule has 0 fully saturated rings. The smallest absolute Gasteiger partial charge is 0.321 e. The van der Waals surface area contributed by atoms with Gasteiger partial charge >= 0.3 is 5.97 Å². The molecule has 1 atom stereocenters. The number of aliphatic carboxylic acids is 1. The van der Waals surface area contributed by atoms with Crippen LogP contribution in [0.1, 0.15) is 6.42 Å². The van der Waals surface area contributed by atoms with E-state index >= 15 is 0 Å². The van der Waals surface area contributed by atoms with E-state index in [2.05, 4.69) is 5.32 Å². The van der Waals surface area contributed by atoms with Crippen LogP contribution >= 0.6 is 0 Å². The topological polar surface area (TPSA) is 133 Å². The minimum Gasteiger partial charge on any atom is -0.480 e. The van der Waals surface area contributed by atoms with Crippen molar-refractivity contribution in [2.45, 2.75) is 18.8 Å². The van der Waals surface area contributed by atoms with Gasteiger partial charge in [0.15, 0.2) is 6.29 Å². The second kappa shape index (κ2) is 5.46. The highest BCUT2D eigenvalue weighted by Gasteiger charge is 2.19. The highest BCUT2D eigenvalue weighted by atomic mass is 16.5. The third-order valence-electron chi connectivity index (χ3n) is 1.25. The number of hydrogen-bond acceptors (Lipinski definition) is 5. The molecule has 13 heavy (non-hydrogen) atoms. The number of nitrogens with two attached hydrogens (primary N) is 1. The van der Waals surface area contributed by atoms with Gasteiger partial charge in [0.1, 0.15) is 6.04 Å². The molecule has 0 aliphatic heterocycles. The van der Waals surface area contributed by atoms with E-state index in [9.17, 15) is 9.59 Å². The first-order chi connectivity index (χ1) is 5.93. The van der Waals surface area contributed by atoms with Gasteiger partial charge in [-0.1, -0.05) is 0 Å². The predicted molar refractivity (Wildman–Crippen MR) is 41.5 cm³/mol. The number of carbonyl (C=O) groups excluding carboxylic acids is 1. The molecule has 0 spiro atoms. The molecule has 0 aromatic carbocycles. The summed E-state index contributed by atoms with van der Waals surface area (Å²) in [7, 11) is 0. The third-order valence-corrected chi connectivity index (χ3v) is 1.25. The van der Waals surface area contributed by atoms with Gasteiger partial charge in [0.05, 0.1) is 6.42 Å². The molecule has 0 saturated carbocycles. The Kier molecular flexibility index (Phi) is 4.97. The van der Waals surface area contributed by atoms with Crippen molar-refractivity contribution in [3.8, 4) is 0 Å². The summed E-state index contributed by atoms with van der Waals surface area (Å²) in [6, 6.07) is -1.18. The first-order valence-corrected chi connectivity index (χ1v) is 3.54. The van der Waals surface area contributed by atoms with Crippen molar-refractivity contribution in [3.05, 3.63) is 0 Å². The maximum atomic E-state index is 10.4. The fourth-order valence-corrected chi connectivity index (χ4v) is 0.696. The van der Waals surface area contributed by atoms with Gasteiger partial charge in [0.2, 0.25) is 5.91 Å². The van der Waals surface area contributed by atoms with Crippen molar-refractivity contribution >= 4 is 11.9 Å². The number of rotatable bonds is 6. The summed E-state index contributed by atoms with van der Waals surface area (Å²) in [4.78, 5) is 20.8. The molecule has 0 heterocycles. The summed E-state index contributed by atoms with van der Waals surface area (Å²) < 4.78 is 0. The summed E-state index contributed by atoms with van der Waals surface area (Å²) in [6.07, 6.45) is -2.04. The van der Waals surface area contributed by atoms with Gasteiger partial charge < -0.3 is 21.1 Å². The second-order valence-electron chi connectivity index (χ2n) is 2.45. The Hall–Kier alpha value is -1.18. The number of carboxylic acids is 1. The zero-order valence-corrected chi connectivity index (χ0v) is 6.80. The molecular formula is C6H12N2O5. The minimum atomic E-state index is -1.66. The molecule has 0 unspecified atom stereocenters. The van der Waals surface area contributed by atoms with E-state index in [0.717, 1.165) is 0 Å². The zero-order chi connectivity index (χ0) is 10.4. The molecule has 0 saturated heterocycles. The second-order valence-corrected chi connectivity index (χ2v) is 2.45. The Morgan fingerprint density at radius 1 is 1.38 bits per heavy atom. The van der Waals surface area contributed by atoms with Crippen molar-refractivity contribution < 1.29 is 24.9 Å². The predicted octanol–water partition coefficient (Wildman–Crippen LogP) is -2.78. The molecule has 0 radical (unpaired) electrons. The Morgan fingerprint density at radius 2 is 1.92 bits per heavy atom. The van der Waals surface area contributed by atoms with Crippen molar-refractivity contribution in [1.82, 2.24) is 5.32 Å². The van der Waals surface area contributed by atoms with Gasteiger partial charge in [0, 0.05) is 6.54 Å². The number of carbonyl (C=O) groups is 2. The molecule has 0 aliphatic rings. The van der Waals surface area contributed by atoms with E-state index in [-0.39, 0.29) is 13.0 Å². The monoisotopic (exact) mass is 192 g/mol. The maximum Gasteiger partial charge on any atom is 0.321 e. The highest BCUT2D eigenvalue weighted by molar-refractivity contribution is 5.83. The Labute approximate surface area is 74.2 Å². The van der Waals surface area contributed by atoms with E-state index in [4.69, 9.17) is 21.1 Å². The van der Waals surface area contributed by atoms with Crippen LogP contribution in [-0.2, 0) is 9.59 Å². The van der Waals surface area contributed by atoms with Crippen LogP contribution in [0.15, 0.2) is 0 Å². The average Bonchev–Trinajstić information content (AvgIpc) is 1.96. The van der Waals surface area contributed by atoms with Crippen molar-refractivity contribution in [1.29, 1.82) is 0 Å². The molecule has 6 N–H and O–H groups in total. The molecule has 0 rings (SSSR count). The van der Waals surface area contributed by atoms with E-state index in [1.165, 1.54) is 0 Å². The molecule has 7 nitrogen and oxygen atoms in total. The number of nitrogens with one attached hydrogen (secondary N) is 1. The normalized spacial score (nSPS) is 12.8. The summed E-state index contributed by atoms with van der Waals surface area (Å²) in [6.45, 7) is -0.329. The van der Waals surface area contributed by atoms with E-state index in [1.807, 2.05) is 0 Å². The fourth-order valence-electron chi connectivity index (χ4n) is 0.696. The maximum absolute atomic E-state index is 10.4. The number of carboxylic acid groups (broad SMARTS) is 1. The zero-order valence-electron chi connectivity index (χ0n) is 6.80. The average molecular weight is 192 g/mol. The molecule has 76 valence electrons. The molecular weight excluding hydrogens is 180 g/mol. The largest absolute Gasteiger partial charge is 0.480 e. The van der Waals surface area contributed by atoms with Crippen molar-refractivity contribution in [2.24, 2.45) is 5.73 Å². The molecule has 0 aromatic heterocycles. The standard InChI is InChI=1S/C6H12N2O5/c7-4(9)1-3(6(12)13)8-2-5(10)11/h3,5,8,10-11H,1-2H2,(H2,7,9)(H,12,13)/t3-/m0/s1. The third kappa shape index (κ3) is 6.02. The number of primary amides is 1. The number of aliphatic hydroxyl groups is 2.